The molecule has 1 aromatic heterocycles. The minimum absolute atomic E-state index is 0.0796. The molecule has 1 aromatic rings. The van der Waals surface area contributed by atoms with Gasteiger partial charge in [-0.1, -0.05) is 13.0 Å². The van der Waals surface area contributed by atoms with E-state index in [1.807, 2.05) is 18.5 Å². The second-order valence-corrected chi connectivity index (χ2v) is 5.50. The Kier molecular flexibility index (Phi) is 4.74. The van der Waals surface area contributed by atoms with Crippen LogP contribution in [0.4, 0.5) is 0 Å². The van der Waals surface area contributed by atoms with Crippen LogP contribution in [0.5, 0.6) is 0 Å². The zero-order valence-corrected chi connectivity index (χ0v) is 11.6. The maximum Gasteiger partial charge on any atom is 0.227 e. The number of likely N-dealkylation sites (N-methyl/N-ethyl adjacent to an activating group) is 1. The fourth-order valence-corrected chi connectivity index (χ4v) is 3.10. The van der Waals surface area contributed by atoms with Crippen LogP contribution in [-0.4, -0.2) is 32.2 Å². The highest BCUT2D eigenvalue weighted by Crippen LogP contribution is 2.23. The first kappa shape index (κ1) is 13.5. The number of carbonyl (C=O) groups excluding carboxylic acids is 1. The van der Waals surface area contributed by atoms with Crippen LogP contribution < -0.4 is 10.6 Å². The van der Waals surface area contributed by atoms with Gasteiger partial charge in [0.2, 0.25) is 5.91 Å². The van der Waals surface area contributed by atoms with Crippen molar-refractivity contribution >= 4 is 17.2 Å². The molecule has 1 aliphatic heterocycles. The van der Waals surface area contributed by atoms with Gasteiger partial charge in [-0.25, -0.2) is 0 Å². The fraction of sp³-hybridized carbons (Fsp3) is 0.615. The second-order valence-electron chi connectivity index (χ2n) is 4.52. The summed E-state index contributed by atoms with van der Waals surface area (Å²) in [6.07, 6.45) is 0.907. The third-order valence-electron chi connectivity index (χ3n) is 3.40. The van der Waals surface area contributed by atoms with E-state index in [1.165, 1.54) is 4.88 Å². The molecule has 1 aliphatic rings. The average molecular weight is 268 g/mol. The van der Waals surface area contributed by atoms with E-state index in [0.29, 0.717) is 13.2 Å². The highest BCUT2D eigenvalue weighted by atomic mass is 32.1. The summed E-state index contributed by atoms with van der Waals surface area (Å²) in [4.78, 5) is 13.5. The number of hydrogen-bond acceptors (Lipinski definition) is 4. The van der Waals surface area contributed by atoms with Crippen molar-refractivity contribution in [2.24, 2.45) is 5.92 Å². The first-order valence-electron chi connectivity index (χ1n) is 6.35. The van der Waals surface area contributed by atoms with Crippen LogP contribution >= 0.6 is 11.3 Å². The molecule has 3 unspecified atom stereocenters. The highest BCUT2D eigenvalue weighted by Gasteiger charge is 2.33. The highest BCUT2D eigenvalue weighted by molar-refractivity contribution is 7.10. The molecule has 5 heteroatoms. The van der Waals surface area contributed by atoms with Crippen LogP contribution in [0.1, 0.15) is 24.3 Å². The molecule has 1 fully saturated rings. The summed E-state index contributed by atoms with van der Waals surface area (Å²) < 4.78 is 5.37. The zero-order chi connectivity index (χ0) is 13.0. The Balaban J connectivity index is 1.97. The van der Waals surface area contributed by atoms with Gasteiger partial charge >= 0.3 is 0 Å². The smallest absolute Gasteiger partial charge is 0.227 e. The predicted molar refractivity (Wildman–Crippen MR) is 72.7 cm³/mol. The van der Waals surface area contributed by atoms with Crippen LogP contribution in [0.15, 0.2) is 17.5 Å². The number of ether oxygens (including phenoxy) is 1. The number of carbonyl (C=O) groups is 1. The van der Waals surface area contributed by atoms with Crippen LogP contribution in [0.2, 0.25) is 0 Å². The Morgan fingerprint density at radius 2 is 2.44 bits per heavy atom. The number of thiophene rings is 1. The molecule has 0 aromatic carbocycles. The quantitative estimate of drug-likeness (QED) is 0.852. The number of hydrogen-bond donors (Lipinski definition) is 2. The molecule has 0 aliphatic carbocycles. The van der Waals surface area contributed by atoms with E-state index in [2.05, 4.69) is 23.6 Å². The van der Waals surface area contributed by atoms with Crippen LogP contribution in [0.25, 0.3) is 0 Å². The average Bonchev–Trinajstić information content (AvgIpc) is 3.05. The molecular formula is C13H20N2O2S. The molecule has 1 saturated heterocycles. The minimum Gasteiger partial charge on any atom is -0.379 e. The monoisotopic (exact) mass is 268 g/mol. The van der Waals surface area contributed by atoms with Gasteiger partial charge in [0.25, 0.3) is 0 Å². The Bertz CT molecular complexity index is 380. The van der Waals surface area contributed by atoms with Gasteiger partial charge in [0.1, 0.15) is 0 Å². The summed E-state index contributed by atoms with van der Waals surface area (Å²) in [7, 11) is 1.87. The standard InChI is InChI=1S/C13H20N2O2S/c1-3-10(12-5-4-6-18-12)15-13(16)9-7-17-8-11(9)14-2/h4-6,9-11,14H,3,7-8H2,1-2H3,(H,15,16). The number of amides is 1. The normalized spacial score (nSPS) is 25.0. The van der Waals surface area contributed by atoms with E-state index in [-0.39, 0.29) is 23.9 Å². The zero-order valence-electron chi connectivity index (χ0n) is 10.8. The van der Waals surface area contributed by atoms with Crippen molar-refractivity contribution in [1.29, 1.82) is 0 Å². The lowest BCUT2D eigenvalue weighted by atomic mass is 10.0. The summed E-state index contributed by atoms with van der Waals surface area (Å²) in [5.74, 6) is 0.0103. The van der Waals surface area contributed by atoms with Crippen molar-refractivity contribution in [2.45, 2.75) is 25.4 Å². The Labute approximate surface area is 112 Å². The Morgan fingerprint density at radius 1 is 1.61 bits per heavy atom. The molecule has 0 radical (unpaired) electrons. The molecule has 2 N–H and O–H groups in total. The maximum atomic E-state index is 12.3. The summed E-state index contributed by atoms with van der Waals surface area (Å²) in [5.41, 5.74) is 0. The second kappa shape index (κ2) is 6.31. The summed E-state index contributed by atoms with van der Waals surface area (Å²) in [6.45, 7) is 3.22. The lowest BCUT2D eigenvalue weighted by Crippen LogP contribution is -2.43. The summed E-state index contributed by atoms with van der Waals surface area (Å²) >= 11 is 1.69. The maximum absolute atomic E-state index is 12.3. The topological polar surface area (TPSA) is 50.4 Å². The molecule has 0 bridgehead atoms. The summed E-state index contributed by atoms with van der Waals surface area (Å²) in [6, 6.07) is 4.34. The molecule has 4 nitrogen and oxygen atoms in total. The summed E-state index contributed by atoms with van der Waals surface area (Å²) in [5, 5.41) is 8.31. The first-order valence-corrected chi connectivity index (χ1v) is 7.23. The van der Waals surface area contributed by atoms with E-state index >= 15 is 0 Å². The van der Waals surface area contributed by atoms with E-state index in [1.54, 1.807) is 11.3 Å². The number of nitrogens with one attached hydrogen (secondary N) is 2. The van der Waals surface area contributed by atoms with Gasteiger partial charge in [-0.2, -0.15) is 0 Å². The van der Waals surface area contributed by atoms with Crippen molar-refractivity contribution in [3.63, 3.8) is 0 Å². The largest absolute Gasteiger partial charge is 0.379 e. The minimum atomic E-state index is -0.0796. The van der Waals surface area contributed by atoms with Gasteiger partial charge in [-0.15, -0.1) is 11.3 Å². The predicted octanol–water partition coefficient (Wildman–Crippen LogP) is 1.55. The first-order chi connectivity index (χ1) is 8.76. The molecular weight excluding hydrogens is 248 g/mol. The van der Waals surface area contributed by atoms with Crippen LogP contribution in [0, 0.1) is 5.92 Å². The molecule has 18 heavy (non-hydrogen) atoms. The van der Waals surface area contributed by atoms with Gasteiger partial charge in [-0.3, -0.25) is 4.79 Å². The lowest BCUT2D eigenvalue weighted by molar-refractivity contribution is -0.126. The van der Waals surface area contributed by atoms with Crippen molar-refractivity contribution < 1.29 is 9.53 Å². The Hall–Kier alpha value is -0.910. The molecule has 2 heterocycles. The lowest BCUT2D eigenvalue weighted by Gasteiger charge is -2.21. The molecule has 2 rings (SSSR count). The van der Waals surface area contributed by atoms with Gasteiger partial charge in [0, 0.05) is 10.9 Å². The van der Waals surface area contributed by atoms with Crippen molar-refractivity contribution in [3.05, 3.63) is 22.4 Å². The van der Waals surface area contributed by atoms with Gasteiger partial charge in [0.05, 0.1) is 25.2 Å². The fourth-order valence-electron chi connectivity index (χ4n) is 2.24. The third kappa shape index (κ3) is 2.91. The molecule has 100 valence electrons. The van der Waals surface area contributed by atoms with Crippen molar-refractivity contribution in [1.82, 2.24) is 10.6 Å². The van der Waals surface area contributed by atoms with Gasteiger partial charge < -0.3 is 15.4 Å². The van der Waals surface area contributed by atoms with E-state index in [4.69, 9.17) is 4.74 Å². The Morgan fingerprint density at radius 3 is 3.06 bits per heavy atom. The molecule has 3 atom stereocenters. The van der Waals surface area contributed by atoms with Crippen LogP contribution in [-0.2, 0) is 9.53 Å². The van der Waals surface area contributed by atoms with Gasteiger partial charge in [0.15, 0.2) is 0 Å². The van der Waals surface area contributed by atoms with Crippen LogP contribution in [0.3, 0.4) is 0 Å². The SMILES string of the molecule is CCC(NC(=O)C1COCC1NC)c1cccs1. The van der Waals surface area contributed by atoms with E-state index in [9.17, 15) is 4.79 Å². The molecule has 0 saturated carbocycles. The van der Waals surface area contributed by atoms with E-state index < -0.39 is 0 Å². The van der Waals surface area contributed by atoms with Gasteiger partial charge in [-0.05, 0) is 24.9 Å². The van der Waals surface area contributed by atoms with E-state index in [0.717, 1.165) is 6.42 Å². The molecule has 1 amide bonds. The third-order valence-corrected chi connectivity index (χ3v) is 4.39. The van der Waals surface area contributed by atoms with Crippen molar-refractivity contribution in [2.75, 3.05) is 20.3 Å². The molecule has 0 spiro atoms. The number of rotatable bonds is 5. The van der Waals surface area contributed by atoms with Crippen molar-refractivity contribution in [3.8, 4) is 0 Å².